The Kier molecular flexibility index (Phi) is 4.77. The lowest BCUT2D eigenvalue weighted by Crippen LogP contribution is -2.17. The average Bonchev–Trinajstić information content (AvgIpc) is 3.08. The van der Waals surface area contributed by atoms with Gasteiger partial charge < -0.3 is 0 Å². The topological polar surface area (TPSA) is 82.2 Å². The van der Waals surface area contributed by atoms with Crippen molar-refractivity contribution in [1.29, 1.82) is 0 Å². The number of hydrogen-bond donors (Lipinski definition) is 0. The number of hydrogen-bond acceptors (Lipinski definition) is 5. The molecular weight excluding hydrogens is 412 g/mol. The van der Waals surface area contributed by atoms with Crippen LogP contribution in [0, 0.1) is 17.0 Å². The van der Waals surface area contributed by atoms with Crippen LogP contribution < -0.4 is 5.56 Å². The molecule has 0 saturated heterocycles. The third-order valence-corrected chi connectivity index (χ3v) is 5.95. The molecule has 0 aliphatic heterocycles. The third kappa shape index (κ3) is 3.24. The minimum Gasteiger partial charge on any atom is -0.288 e. The van der Waals surface area contributed by atoms with Gasteiger partial charge in [0.2, 0.25) is 5.78 Å². The number of fused-ring (bicyclic) bond motifs is 1. The summed E-state index contributed by atoms with van der Waals surface area (Å²) in [5.41, 5.74) is 1.20. The van der Waals surface area contributed by atoms with Crippen molar-refractivity contribution >= 4 is 43.9 Å². The quantitative estimate of drug-likeness (QED) is 0.257. The number of nitro groups is 1. The molecule has 4 aromatic rings. The Morgan fingerprint density at radius 3 is 2.55 bits per heavy atom. The summed E-state index contributed by atoms with van der Waals surface area (Å²) in [6, 6.07) is 16.3. The van der Waals surface area contributed by atoms with Crippen LogP contribution in [0.2, 0.25) is 5.02 Å². The van der Waals surface area contributed by atoms with E-state index in [4.69, 9.17) is 11.6 Å². The first-order chi connectivity index (χ1) is 13.9. The third-order valence-electron chi connectivity index (χ3n) is 4.49. The van der Waals surface area contributed by atoms with Gasteiger partial charge in [-0.05, 0) is 42.5 Å². The molecule has 0 amide bonds. The molecule has 4 rings (SSSR count). The van der Waals surface area contributed by atoms with Gasteiger partial charge in [0.1, 0.15) is 10.4 Å². The number of aromatic nitrogens is 1. The number of carbonyl (C=O) groups excluding carboxylic acids is 1. The van der Waals surface area contributed by atoms with Gasteiger partial charge in [-0.1, -0.05) is 47.5 Å². The Labute approximate surface area is 173 Å². The molecule has 29 heavy (non-hydrogen) atoms. The molecule has 0 spiro atoms. The molecule has 0 saturated carbocycles. The van der Waals surface area contributed by atoms with Gasteiger partial charge in [-0.2, -0.15) is 0 Å². The summed E-state index contributed by atoms with van der Waals surface area (Å²) >= 11 is 7.05. The monoisotopic (exact) mass is 424 g/mol. The van der Waals surface area contributed by atoms with Gasteiger partial charge in [0, 0.05) is 17.0 Å². The lowest BCUT2D eigenvalue weighted by molar-refractivity contribution is -0.380. The first-order valence-corrected chi connectivity index (χ1v) is 9.77. The predicted octanol–water partition coefficient (Wildman–Crippen LogP) is 5.15. The van der Waals surface area contributed by atoms with Crippen molar-refractivity contribution in [3.63, 3.8) is 0 Å². The number of pyridine rings is 1. The Hall–Kier alpha value is -3.29. The minimum atomic E-state index is -0.588. The smallest absolute Gasteiger partial charge is 0.288 e. The highest BCUT2D eigenvalue weighted by Crippen LogP contribution is 2.39. The van der Waals surface area contributed by atoms with E-state index in [9.17, 15) is 19.7 Å². The van der Waals surface area contributed by atoms with E-state index in [-0.39, 0.29) is 10.6 Å². The first kappa shape index (κ1) is 19.0. The fourth-order valence-corrected chi connectivity index (χ4v) is 4.55. The fourth-order valence-electron chi connectivity index (χ4n) is 3.21. The van der Waals surface area contributed by atoms with Gasteiger partial charge >= 0.3 is 5.00 Å². The van der Waals surface area contributed by atoms with Crippen molar-refractivity contribution in [2.45, 2.75) is 6.92 Å². The molecule has 0 atom stereocenters. The van der Waals surface area contributed by atoms with E-state index in [2.05, 4.69) is 0 Å². The highest BCUT2D eigenvalue weighted by atomic mass is 35.5. The molecule has 0 fully saturated rings. The number of para-hydroxylation sites is 1. The van der Waals surface area contributed by atoms with E-state index in [1.807, 2.05) is 13.0 Å². The van der Waals surface area contributed by atoms with Crippen molar-refractivity contribution < 1.29 is 9.72 Å². The first-order valence-electron chi connectivity index (χ1n) is 8.57. The Balaban J connectivity index is 2.06. The molecule has 0 N–H and O–H groups in total. The molecule has 0 aliphatic carbocycles. The van der Waals surface area contributed by atoms with Crippen LogP contribution in [0.15, 0.2) is 65.5 Å². The largest absolute Gasteiger partial charge is 0.337 e. The van der Waals surface area contributed by atoms with Crippen molar-refractivity contribution in [1.82, 2.24) is 4.57 Å². The van der Waals surface area contributed by atoms with E-state index in [0.717, 1.165) is 16.9 Å². The van der Waals surface area contributed by atoms with Gasteiger partial charge in [0.25, 0.3) is 5.56 Å². The number of thiophene rings is 1. The summed E-state index contributed by atoms with van der Waals surface area (Å²) in [6.07, 6.45) is 0. The van der Waals surface area contributed by atoms with Gasteiger partial charge in [-0.3, -0.25) is 24.3 Å². The van der Waals surface area contributed by atoms with Gasteiger partial charge in [-0.15, -0.1) is 0 Å². The van der Waals surface area contributed by atoms with Crippen molar-refractivity contribution in [2.75, 3.05) is 0 Å². The number of aryl methyl sites for hydroxylation is 1. The van der Waals surface area contributed by atoms with Crippen LogP contribution in [0.1, 0.15) is 21.5 Å². The number of rotatable bonds is 4. The molecule has 0 bridgehead atoms. The average molecular weight is 425 g/mol. The lowest BCUT2D eigenvalue weighted by atomic mass is 10.0. The zero-order valence-corrected chi connectivity index (χ0v) is 16.7. The van der Waals surface area contributed by atoms with Gasteiger partial charge in [0.15, 0.2) is 0 Å². The minimum absolute atomic E-state index is 0.0265. The molecule has 144 valence electrons. The van der Waals surface area contributed by atoms with E-state index in [1.54, 1.807) is 42.5 Å². The van der Waals surface area contributed by atoms with Crippen LogP contribution in [0.3, 0.4) is 0 Å². The Morgan fingerprint density at radius 1 is 1.10 bits per heavy atom. The van der Waals surface area contributed by atoms with Crippen LogP contribution in [0.5, 0.6) is 0 Å². The SMILES string of the molecule is Cc1cccc(C(=O)c2c([N+](=O)[O-])sc3c2ccc(=O)n3-c2ccccc2Cl)c1. The van der Waals surface area contributed by atoms with Crippen molar-refractivity contribution in [2.24, 2.45) is 0 Å². The number of nitrogens with zero attached hydrogens (tertiary/aromatic N) is 2. The van der Waals surface area contributed by atoms with E-state index in [0.29, 0.717) is 26.5 Å². The van der Waals surface area contributed by atoms with Crippen LogP contribution in [-0.4, -0.2) is 15.3 Å². The maximum atomic E-state index is 13.2. The predicted molar refractivity (Wildman–Crippen MR) is 114 cm³/mol. The van der Waals surface area contributed by atoms with Crippen molar-refractivity contribution in [3.05, 3.63) is 103 Å². The van der Waals surface area contributed by atoms with E-state index in [1.165, 1.54) is 16.7 Å². The molecule has 0 aliphatic rings. The Bertz CT molecular complexity index is 1360. The van der Waals surface area contributed by atoms with Crippen LogP contribution in [0.25, 0.3) is 15.9 Å². The van der Waals surface area contributed by atoms with Crippen LogP contribution >= 0.6 is 22.9 Å². The van der Waals surface area contributed by atoms with Gasteiger partial charge in [0.05, 0.1) is 15.6 Å². The molecule has 0 unspecified atom stereocenters. The number of carbonyl (C=O) groups is 1. The molecule has 6 nitrogen and oxygen atoms in total. The van der Waals surface area contributed by atoms with Crippen LogP contribution in [0.4, 0.5) is 5.00 Å². The summed E-state index contributed by atoms with van der Waals surface area (Å²) in [5.74, 6) is -0.462. The molecule has 2 heterocycles. The maximum absolute atomic E-state index is 13.2. The van der Waals surface area contributed by atoms with Crippen LogP contribution in [-0.2, 0) is 0 Å². The standard InChI is InChI=1S/C21H13ClN2O4S/c1-12-5-4-6-13(11-12)19(26)18-14-9-10-17(25)23(16-8-3-2-7-15(16)22)20(14)29-21(18)24(27)28/h2-11H,1H3. The highest BCUT2D eigenvalue weighted by molar-refractivity contribution is 7.22. The van der Waals surface area contributed by atoms with E-state index >= 15 is 0 Å². The normalized spacial score (nSPS) is 11.0. The second-order valence-electron chi connectivity index (χ2n) is 6.42. The summed E-state index contributed by atoms with van der Waals surface area (Å²) in [7, 11) is 0. The second kappa shape index (κ2) is 7.27. The maximum Gasteiger partial charge on any atom is 0.337 e. The molecule has 8 heteroatoms. The second-order valence-corrected chi connectivity index (χ2v) is 7.80. The molecule has 0 radical (unpaired) electrons. The lowest BCUT2D eigenvalue weighted by Gasteiger charge is -2.09. The number of benzene rings is 2. The zero-order valence-electron chi connectivity index (χ0n) is 15.1. The molecular formula is C21H13ClN2O4S. The highest BCUT2D eigenvalue weighted by Gasteiger charge is 2.30. The summed E-state index contributed by atoms with van der Waals surface area (Å²) < 4.78 is 1.31. The molecule has 2 aromatic carbocycles. The molecule has 2 aromatic heterocycles. The van der Waals surface area contributed by atoms with Gasteiger partial charge in [-0.25, -0.2) is 0 Å². The summed E-state index contributed by atoms with van der Waals surface area (Å²) in [6.45, 7) is 1.84. The Morgan fingerprint density at radius 2 is 1.86 bits per heavy atom. The van der Waals surface area contributed by atoms with Crippen molar-refractivity contribution in [3.8, 4) is 5.69 Å². The number of halogens is 1. The fraction of sp³-hybridized carbons (Fsp3) is 0.0476. The van der Waals surface area contributed by atoms with E-state index < -0.39 is 16.3 Å². The summed E-state index contributed by atoms with van der Waals surface area (Å²) in [4.78, 5) is 37.3. The zero-order chi connectivity index (χ0) is 20.7. The summed E-state index contributed by atoms with van der Waals surface area (Å²) in [5, 5.41) is 12.1. The number of ketones is 1.